The van der Waals surface area contributed by atoms with Gasteiger partial charge in [-0.1, -0.05) is 12.1 Å². The second-order valence-corrected chi connectivity index (χ2v) is 6.65. The molecule has 0 aliphatic carbocycles. The number of methoxy groups -OCH3 is 1. The molecule has 1 aliphatic heterocycles. The molecule has 1 heterocycles. The standard InChI is InChI=1S/C17H28N2OS/c1-20-17-8-4-3-7-16(17)18-15-9-12-19(13-10-15)11-5-6-14-21-2/h3-4,7-8,15,18H,5-6,9-14H2,1-2H3. The van der Waals surface area contributed by atoms with E-state index >= 15 is 0 Å². The van der Waals surface area contributed by atoms with Crippen LogP contribution in [0.3, 0.4) is 0 Å². The van der Waals surface area contributed by atoms with Gasteiger partial charge in [-0.3, -0.25) is 0 Å². The van der Waals surface area contributed by atoms with Gasteiger partial charge in [0.1, 0.15) is 5.75 Å². The van der Waals surface area contributed by atoms with Crippen molar-refractivity contribution in [2.45, 2.75) is 31.7 Å². The highest BCUT2D eigenvalue weighted by Gasteiger charge is 2.19. The molecule has 0 atom stereocenters. The fourth-order valence-electron chi connectivity index (χ4n) is 2.87. The molecular weight excluding hydrogens is 280 g/mol. The van der Waals surface area contributed by atoms with Crippen LogP contribution >= 0.6 is 11.8 Å². The first kappa shape index (κ1) is 16.5. The molecule has 1 N–H and O–H groups in total. The van der Waals surface area contributed by atoms with E-state index in [2.05, 4.69) is 28.6 Å². The summed E-state index contributed by atoms with van der Waals surface area (Å²) in [7, 11) is 1.73. The van der Waals surface area contributed by atoms with Gasteiger partial charge in [-0.2, -0.15) is 11.8 Å². The molecule has 0 spiro atoms. The number of likely N-dealkylation sites (tertiary alicyclic amines) is 1. The van der Waals surface area contributed by atoms with Crippen molar-refractivity contribution in [3.05, 3.63) is 24.3 Å². The molecule has 0 unspecified atom stereocenters. The molecule has 0 bridgehead atoms. The van der Waals surface area contributed by atoms with E-state index in [1.165, 1.54) is 51.1 Å². The minimum Gasteiger partial charge on any atom is -0.495 e. The minimum atomic E-state index is 0.573. The van der Waals surface area contributed by atoms with Gasteiger partial charge in [-0.05, 0) is 56.4 Å². The largest absolute Gasteiger partial charge is 0.495 e. The van der Waals surface area contributed by atoms with Crippen molar-refractivity contribution in [1.29, 1.82) is 0 Å². The van der Waals surface area contributed by atoms with E-state index < -0.39 is 0 Å². The maximum absolute atomic E-state index is 5.41. The van der Waals surface area contributed by atoms with Crippen molar-refractivity contribution in [2.75, 3.05) is 44.1 Å². The third kappa shape index (κ3) is 5.44. The predicted molar refractivity (Wildman–Crippen MR) is 93.7 cm³/mol. The monoisotopic (exact) mass is 308 g/mol. The lowest BCUT2D eigenvalue weighted by atomic mass is 10.0. The highest BCUT2D eigenvalue weighted by Crippen LogP contribution is 2.26. The Labute approximate surface area is 133 Å². The molecule has 0 amide bonds. The molecule has 1 aliphatic rings. The number of rotatable bonds is 8. The first-order chi connectivity index (χ1) is 10.3. The van der Waals surface area contributed by atoms with Crippen LogP contribution in [0.15, 0.2) is 24.3 Å². The number of ether oxygens (including phenoxy) is 1. The first-order valence-electron chi connectivity index (χ1n) is 7.94. The lowest BCUT2D eigenvalue weighted by Gasteiger charge is -2.33. The average molecular weight is 308 g/mol. The average Bonchev–Trinajstić information content (AvgIpc) is 2.54. The Balaban J connectivity index is 1.71. The molecule has 0 saturated carbocycles. The molecule has 21 heavy (non-hydrogen) atoms. The SMILES string of the molecule is COc1ccccc1NC1CCN(CCCCSC)CC1. The third-order valence-corrected chi connectivity index (χ3v) is 4.82. The fraction of sp³-hybridized carbons (Fsp3) is 0.647. The lowest BCUT2D eigenvalue weighted by molar-refractivity contribution is 0.216. The number of benzene rings is 1. The highest BCUT2D eigenvalue weighted by molar-refractivity contribution is 7.98. The van der Waals surface area contributed by atoms with Gasteiger partial charge >= 0.3 is 0 Å². The summed E-state index contributed by atoms with van der Waals surface area (Å²) >= 11 is 1.95. The van der Waals surface area contributed by atoms with Gasteiger partial charge in [-0.15, -0.1) is 0 Å². The zero-order chi connectivity index (χ0) is 14.9. The minimum absolute atomic E-state index is 0.573. The van der Waals surface area contributed by atoms with Gasteiger partial charge in [0.15, 0.2) is 0 Å². The van der Waals surface area contributed by atoms with Gasteiger partial charge < -0.3 is 15.0 Å². The molecule has 1 aromatic rings. The zero-order valence-corrected chi connectivity index (χ0v) is 14.1. The second-order valence-electron chi connectivity index (χ2n) is 5.66. The summed E-state index contributed by atoms with van der Waals surface area (Å²) in [5.41, 5.74) is 1.12. The summed E-state index contributed by atoms with van der Waals surface area (Å²) in [6, 6.07) is 8.77. The van der Waals surface area contributed by atoms with Crippen LogP contribution < -0.4 is 10.1 Å². The topological polar surface area (TPSA) is 24.5 Å². The van der Waals surface area contributed by atoms with Crippen molar-refractivity contribution in [3.63, 3.8) is 0 Å². The third-order valence-electron chi connectivity index (χ3n) is 4.13. The van der Waals surface area contributed by atoms with E-state index in [4.69, 9.17) is 4.74 Å². The quantitative estimate of drug-likeness (QED) is 0.740. The number of para-hydroxylation sites is 2. The molecule has 118 valence electrons. The number of hydrogen-bond acceptors (Lipinski definition) is 4. The smallest absolute Gasteiger partial charge is 0.141 e. The first-order valence-corrected chi connectivity index (χ1v) is 9.33. The van der Waals surface area contributed by atoms with Crippen LogP contribution in [0, 0.1) is 0 Å². The summed E-state index contributed by atoms with van der Waals surface area (Å²) < 4.78 is 5.41. The Morgan fingerprint density at radius 1 is 1.24 bits per heavy atom. The number of anilines is 1. The van der Waals surface area contributed by atoms with Gasteiger partial charge in [0.05, 0.1) is 12.8 Å². The molecule has 3 nitrogen and oxygen atoms in total. The Morgan fingerprint density at radius 3 is 2.71 bits per heavy atom. The second kappa shape index (κ2) is 9.21. The summed E-state index contributed by atoms with van der Waals surface area (Å²) in [6.45, 7) is 3.69. The van der Waals surface area contributed by atoms with Crippen molar-refractivity contribution < 1.29 is 4.74 Å². The Morgan fingerprint density at radius 2 is 2.00 bits per heavy atom. The summed E-state index contributed by atoms with van der Waals surface area (Å²) in [5.74, 6) is 2.24. The summed E-state index contributed by atoms with van der Waals surface area (Å²) in [4.78, 5) is 2.61. The Bertz CT molecular complexity index is 406. The van der Waals surface area contributed by atoms with Crippen LogP contribution in [0.1, 0.15) is 25.7 Å². The van der Waals surface area contributed by atoms with Crippen LogP contribution in [0.25, 0.3) is 0 Å². The molecule has 4 heteroatoms. The van der Waals surface area contributed by atoms with Crippen LogP contribution in [0.4, 0.5) is 5.69 Å². The zero-order valence-electron chi connectivity index (χ0n) is 13.3. The van der Waals surface area contributed by atoms with Crippen LogP contribution in [0.2, 0.25) is 0 Å². The van der Waals surface area contributed by atoms with Gasteiger partial charge in [0, 0.05) is 19.1 Å². The molecule has 0 aromatic heterocycles. The van der Waals surface area contributed by atoms with Crippen molar-refractivity contribution in [1.82, 2.24) is 4.90 Å². The number of nitrogens with one attached hydrogen (secondary N) is 1. The lowest BCUT2D eigenvalue weighted by Crippen LogP contribution is -2.39. The molecule has 0 radical (unpaired) electrons. The number of hydrogen-bond donors (Lipinski definition) is 1. The fourth-order valence-corrected chi connectivity index (χ4v) is 3.36. The van der Waals surface area contributed by atoms with E-state index in [9.17, 15) is 0 Å². The Hall–Kier alpha value is -0.870. The molecule has 1 saturated heterocycles. The Kier molecular flexibility index (Phi) is 7.24. The number of piperidine rings is 1. The van der Waals surface area contributed by atoms with Gasteiger partial charge in [0.2, 0.25) is 0 Å². The predicted octanol–water partition coefficient (Wildman–Crippen LogP) is 3.71. The van der Waals surface area contributed by atoms with E-state index in [0.717, 1.165) is 11.4 Å². The van der Waals surface area contributed by atoms with Crippen LogP contribution in [-0.2, 0) is 0 Å². The summed E-state index contributed by atoms with van der Waals surface area (Å²) in [6.07, 6.45) is 7.32. The van der Waals surface area contributed by atoms with E-state index in [1.54, 1.807) is 7.11 Å². The van der Waals surface area contributed by atoms with Crippen LogP contribution in [-0.4, -0.2) is 49.7 Å². The molecule has 1 aromatic carbocycles. The maximum atomic E-state index is 5.41. The van der Waals surface area contributed by atoms with E-state index in [-0.39, 0.29) is 0 Å². The summed E-state index contributed by atoms with van der Waals surface area (Å²) in [5, 5.41) is 3.64. The maximum Gasteiger partial charge on any atom is 0.141 e. The molecular formula is C17H28N2OS. The normalized spacial score (nSPS) is 16.9. The number of thioether (sulfide) groups is 1. The van der Waals surface area contributed by atoms with Gasteiger partial charge in [0.25, 0.3) is 0 Å². The molecule has 2 rings (SSSR count). The van der Waals surface area contributed by atoms with Crippen LogP contribution in [0.5, 0.6) is 5.75 Å². The number of unbranched alkanes of at least 4 members (excludes halogenated alkanes) is 1. The van der Waals surface area contributed by atoms with E-state index in [0.29, 0.717) is 6.04 Å². The van der Waals surface area contributed by atoms with Crippen molar-refractivity contribution in [2.24, 2.45) is 0 Å². The highest BCUT2D eigenvalue weighted by atomic mass is 32.2. The molecule has 1 fully saturated rings. The van der Waals surface area contributed by atoms with Crippen molar-refractivity contribution >= 4 is 17.4 Å². The van der Waals surface area contributed by atoms with Gasteiger partial charge in [-0.25, -0.2) is 0 Å². The number of nitrogens with zero attached hydrogens (tertiary/aromatic N) is 1. The van der Waals surface area contributed by atoms with E-state index in [1.807, 2.05) is 23.9 Å². The van der Waals surface area contributed by atoms with Crippen molar-refractivity contribution in [3.8, 4) is 5.75 Å².